The Morgan fingerprint density at radius 3 is 2.07 bits per heavy atom. The zero-order valence-corrected chi connectivity index (χ0v) is 26.6. The van der Waals surface area contributed by atoms with Crippen LogP contribution in [0.25, 0.3) is 6.08 Å². The standard InChI is InChI=1S/C33H30BrN3O6S/c1-41-28-19-30(43-3)29(42-2)18-22(28)17-27(37-32(39)21-9-5-4-6-10-21)33(40)35-23-13-15-24(16-14-23)44-20-31(38)36-26-12-8-7-11-25(26)34/h4-19H,20H2,1-3H3,(H,35,40)(H,36,38)(H,37,39)/b27-17-. The first kappa shape index (κ1) is 32.2. The van der Waals surface area contributed by atoms with Gasteiger partial charge >= 0.3 is 0 Å². The van der Waals surface area contributed by atoms with Crippen molar-refractivity contribution in [3.05, 3.63) is 112 Å². The van der Waals surface area contributed by atoms with Crippen LogP contribution in [0.15, 0.2) is 106 Å². The molecule has 3 amide bonds. The molecule has 4 aromatic rings. The summed E-state index contributed by atoms with van der Waals surface area (Å²) in [7, 11) is 4.50. The van der Waals surface area contributed by atoms with Crippen LogP contribution in [-0.2, 0) is 9.59 Å². The average Bonchev–Trinajstić information content (AvgIpc) is 3.05. The van der Waals surface area contributed by atoms with Crippen LogP contribution in [-0.4, -0.2) is 44.8 Å². The highest BCUT2D eigenvalue weighted by Crippen LogP contribution is 2.35. The van der Waals surface area contributed by atoms with Crippen LogP contribution < -0.4 is 30.2 Å². The molecule has 0 aliphatic heterocycles. The molecule has 4 rings (SSSR count). The molecule has 0 spiro atoms. The van der Waals surface area contributed by atoms with Crippen molar-refractivity contribution in [2.24, 2.45) is 0 Å². The van der Waals surface area contributed by atoms with Gasteiger partial charge in [-0.2, -0.15) is 0 Å². The van der Waals surface area contributed by atoms with E-state index in [1.807, 2.05) is 24.3 Å². The highest BCUT2D eigenvalue weighted by atomic mass is 79.9. The monoisotopic (exact) mass is 675 g/mol. The largest absolute Gasteiger partial charge is 0.496 e. The quantitative estimate of drug-likeness (QED) is 0.114. The van der Waals surface area contributed by atoms with Gasteiger partial charge in [-0.3, -0.25) is 14.4 Å². The van der Waals surface area contributed by atoms with E-state index >= 15 is 0 Å². The molecule has 0 aliphatic rings. The first-order valence-electron chi connectivity index (χ1n) is 13.3. The van der Waals surface area contributed by atoms with E-state index in [1.165, 1.54) is 39.2 Å². The third-order valence-corrected chi connectivity index (χ3v) is 7.90. The Bertz CT molecular complexity index is 1660. The summed E-state index contributed by atoms with van der Waals surface area (Å²) in [5, 5.41) is 8.42. The van der Waals surface area contributed by atoms with Crippen LogP contribution in [0.4, 0.5) is 11.4 Å². The maximum Gasteiger partial charge on any atom is 0.272 e. The van der Waals surface area contributed by atoms with Crippen molar-refractivity contribution >= 4 is 62.9 Å². The van der Waals surface area contributed by atoms with E-state index in [1.54, 1.807) is 66.7 Å². The lowest BCUT2D eigenvalue weighted by Crippen LogP contribution is -2.30. The van der Waals surface area contributed by atoms with Gasteiger partial charge in [0.2, 0.25) is 5.91 Å². The summed E-state index contributed by atoms with van der Waals surface area (Å²) >= 11 is 4.78. The number of thioether (sulfide) groups is 1. The highest BCUT2D eigenvalue weighted by Gasteiger charge is 2.18. The van der Waals surface area contributed by atoms with Crippen LogP contribution >= 0.6 is 27.7 Å². The van der Waals surface area contributed by atoms with E-state index in [4.69, 9.17) is 14.2 Å². The van der Waals surface area contributed by atoms with Gasteiger partial charge < -0.3 is 30.2 Å². The number of hydrogen-bond donors (Lipinski definition) is 3. The molecule has 0 aromatic heterocycles. The smallest absolute Gasteiger partial charge is 0.272 e. The summed E-state index contributed by atoms with van der Waals surface area (Å²) in [6.45, 7) is 0. The van der Waals surface area contributed by atoms with Gasteiger partial charge in [-0.15, -0.1) is 11.8 Å². The van der Waals surface area contributed by atoms with E-state index in [9.17, 15) is 14.4 Å². The molecule has 11 heteroatoms. The number of rotatable bonds is 12. The number of ether oxygens (including phenoxy) is 3. The van der Waals surface area contributed by atoms with Gasteiger partial charge in [0.1, 0.15) is 11.4 Å². The number of hydrogen-bond acceptors (Lipinski definition) is 7. The summed E-state index contributed by atoms with van der Waals surface area (Å²) in [5.41, 5.74) is 2.04. The molecule has 0 atom stereocenters. The van der Waals surface area contributed by atoms with Gasteiger partial charge in [-0.05, 0) is 76.6 Å². The molecular formula is C33H30BrN3O6S. The number of methoxy groups -OCH3 is 3. The Morgan fingerprint density at radius 1 is 0.773 bits per heavy atom. The first-order valence-corrected chi connectivity index (χ1v) is 15.1. The second-order valence-corrected chi connectivity index (χ2v) is 11.0. The maximum absolute atomic E-state index is 13.5. The molecule has 44 heavy (non-hydrogen) atoms. The normalized spacial score (nSPS) is 10.9. The van der Waals surface area contributed by atoms with Gasteiger partial charge in [0.05, 0.1) is 32.8 Å². The Hall–Kier alpha value is -4.74. The minimum atomic E-state index is -0.556. The fourth-order valence-corrected chi connectivity index (χ4v) is 5.08. The summed E-state index contributed by atoms with van der Waals surface area (Å²) in [6, 6.07) is 26.3. The van der Waals surface area contributed by atoms with Crippen molar-refractivity contribution in [1.29, 1.82) is 0 Å². The Morgan fingerprint density at radius 2 is 1.41 bits per heavy atom. The van der Waals surface area contributed by atoms with Crippen molar-refractivity contribution in [2.75, 3.05) is 37.7 Å². The minimum absolute atomic E-state index is 0.0217. The van der Waals surface area contributed by atoms with Crippen molar-refractivity contribution < 1.29 is 28.6 Å². The van der Waals surface area contributed by atoms with Gasteiger partial charge in [0, 0.05) is 32.2 Å². The van der Waals surface area contributed by atoms with E-state index in [-0.39, 0.29) is 17.4 Å². The predicted octanol–water partition coefficient (Wildman–Crippen LogP) is 6.62. The second kappa shape index (κ2) is 15.6. The van der Waals surface area contributed by atoms with Gasteiger partial charge in [0.15, 0.2) is 11.5 Å². The zero-order valence-electron chi connectivity index (χ0n) is 24.2. The average molecular weight is 677 g/mol. The number of amides is 3. The van der Waals surface area contributed by atoms with Gasteiger partial charge in [0.25, 0.3) is 11.8 Å². The fraction of sp³-hybridized carbons (Fsp3) is 0.121. The van der Waals surface area contributed by atoms with Crippen LogP contribution in [0.1, 0.15) is 15.9 Å². The highest BCUT2D eigenvalue weighted by molar-refractivity contribution is 9.10. The molecule has 226 valence electrons. The Balaban J connectivity index is 1.51. The fourth-order valence-electron chi connectivity index (χ4n) is 3.99. The topological polar surface area (TPSA) is 115 Å². The molecule has 0 heterocycles. The molecule has 4 aromatic carbocycles. The lowest BCUT2D eigenvalue weighted by atomic mass is 10.1. The van der Waals surface area contributed by atoms with Crippen LogP contribution in [0.2, 0.25) is 0 Å². The first-order chi connectivity index (χ1) is 21.3. The summed E-state index contributed by atoms with van der Waals surface area (Å²) < 4.78 is 17.1. The lowest BCUT2D eigenvalue weighted by Gasteiger charge is -2.15. The number of nitrogens with one attached hydrogen (secondary N) is 3. The third kappa shape index (κ3) is 8.65. The zero-order chi connectivity index (χ0) is 31.5. The van der Waals surface area contributed by atoms with E-state index in [0.29, 0.717) is 39.8 Å². The molecule has 3 N–H and O–H groups in total. The Kier molecular flexibility index (Phi) is 11.4. The minimum Gasteiger partial charge on any atom is -0.496 e. The van der Waals surface area contributed by atoms with Crippen molar-refractivity contribution in [3.63, 3.8) is 0 Å². The second-order valence-electron chi connectivity index (χ2n) is 9.12. The molecule has 0 bridgehead atoms. The van der Waals surface area contributed by atoms with Crippen molar-refractivity contribution in [2.45, 2.75) is 4.90 Å². The molecule has 0 saturated carbocycles. The van der Waals surface area contributed by atoms with E-state index in [0.717, 1.165) is 9.37 Å². The molecule has 0 fully saturated rings. The molecule has 0 radical (unpaired) electrons. The van der Waals surface area contributed by atoms with Crippen LogP contribution in [0.3, 0.4) is 0 Å². The molecule has 0 saturated heterocycles. The number of carbonyl (C=O) groups excluding carboxylic acids is 3. The maximum atomic E-state index is 13.5. The lowest BCUT2D eigenvalue weighted by molar-refractivity contribution is -0.114. The summed E-state index contributed by atoms with van der Waals surface area (Å²) in [5.74, 6) is 0.327. The SMILES string of the molecule is COc1cc(OC)c(OC)cc1/C=C(\NC(=O)c1ccccc1)C(=O)Nc1ccc(SCC(=O)Nc2ccccc2Br)cc1. The van der Waals surface area contributed by atoms with Gasteiger partial charge in [-0.25, -0.2) is 0 Å². The van der Waals surface area contributed by atoms with Gasteiger partial charge in [-0.1, -0.05) is 30.3 Å². The van der Waals surface area contributed by atoms with Crippen molar-refractivity contribution in [3.8, 4) is 17.2 Å². The number of benzene rings is 4. The molecule has 9 nitrogen and oxygen atoms in total. The number of anilines is 2. The van der Waals surface area contributed by atoms with Crippen LogP contribution in [0.5, 0.6) is 17.2 Å². The number of halogens is 1. The Labute approximate surface area is 268 Å². The van der Waals surface area contributed by atoms with E-state index < -0.39 is 11.8 Å². The number of para-hydroxylation sites is 1. The summed E-state index contributed by atoms with van der Waals surface area (Å²) in [6.07, 6.45) is 1.50. The van der Waals surface area contributed by atoms with Crippen molar-refractivity contribution in [1.82, 2.24) is 5.32 Å². The summed E-state index contributed by atoms with van der Waals surface area (Å²) in [4.78, 5) is 39.8. The number of carbonyl (C=O) groups is 3. The van der Waals surface area contributed by atoms with Crippen LogP contribution in [0, 0.1) is 0 Å². The molecular weight excluding hydrogens is 646 g/mol. The molecule has 0 aliphatic carbocycles. The molecule has 0 unspecified atom stereocenters. The van der Waals surface area contributed by atoms with E-state index in [2.05, 4.69) is 31.9 Å². The third-order valence-electron chi connectivity index (χ3n) is 6.19. The predicted molar refractivity (Wildman–Crippen MR) is 177 cm³/mol.